The maximum Gasteiger partial charge on any atom is 0.0707 e. The summed E-state index contributed by atoms with van der Waals surface area (Å²) in [6, 6.07) is 0.499. The van der Waals surface area contributed by atoms with Crippen molar-refractivity contribution in [1.29, 1.82) is 0 Å². The Bertz CT molecular complexity index is 213. The quantitative estimate of drug-likeness (QED) is 0.672. The highest BCUT2D eigenvalue weighted by Gasteiger charge is 2.36. The summed E-state index contributed by atoms with van der Waals surface area (Å²) < 4.78 is 11.2. The highest BCUT2D eigenvalue weighted by Crippen LogP contribution is 2.27. The zero-order chi connectivity index (χ0) is 12.1. The first-order chi connectivity index (χ1) is 8.33. The second-order valence-corrected chi connectivity index (χ2v) is 5.22. The second kappa shape index (κ2) is 6.69. The first-order valence-electron chi connectivity index (χ1n) is 6.92. The summed E-state index contributed by atoms with van der Waals surface area (Å²) in [7, 11) is 1.79. The van der Waals surface area contributed by atoms with Gasteiger partial charge in [0.05, 0.1) is 18.8 Å². The van der Waals surface area contributed by atoms with Gasteiger partial charge in [0.25, 0.3) is 0 Å². The van der Waals surface area contributed by atoms with Crippen LogP contribution in [0.5, 0.6) is 0 Å². The normalized spacial score (nSPS) is 30.7. The van der Waals surface area contributed by atoms with E-state index in [0.29, 0.717) is 18.2 Å². The van der Waals surface area contributed by atoms with Gasteiger partial charge in [0.1, 0.15) is 0 Å². The third kappa shape index (κ3) is 3.65. The maximum atomic E-state index is 5.88. The first kappa shape index (κ1) is 13.3. The van der Waals surface area contributed by atoms with Crippen molar-refractivity contribution in [3.05, 3.63) is 0 Å². The van der Waals surface area contributed by atoms with Crippen molar-refractivity contribution < 1.29 is 9.47 Å². The van der Waals surface area contributed by atoms with Gasteiger partial charge < -0.3 is 14.8 Å². The number of hydrogen-bond acceptors (Lipinski definition) is 4. The predicted octanol–water partition coefficient (Wildman–Crippen LogP) is 0.864. The van der Waals surface area contributed by atoms with Gasteiger partial charge >= 0.3 is 0 Å². The van der Waals surface area contributed by atoms with E-state index in [9.17, 15) is 0 Å². The zero-order valence-electron chi connectivity index (χ0n) is 11.2. The molecular formula is C13H26N2O2. The number of hydrogen-bond donors (Lipinski definition) is 1. The molecule has 3 unspecified atom stereocenters. The van der Waals surface area contributed by atoms with Crippen molar-refractivity contribution in [3.8, 4) is 0 Å². The van der Waals surface area contributed by atoms with Crippen LogP contribution in [-0.4, -0.2) is 63.0 Å². The summed E-state index contributed by atoms with van der Waals surface area (Å²) in [6.07, 6.45) is 4.61. The summed E-state index contributed by atoms with van der Waals surface area (Å²) >= 11 is 0. The molecule has 2 aliphatic rings. The summed E-state index contributed by atoms with van der Waals surface area (Å²) in [6.45, 7) is 7.30. The van der Waals surface area contributed by atoms with Crippen molar-refractivity contribution in [3.63, 3.8) is 0 Å². The predicted molar refractivity (Wildman–Crippen MR) is 68.3 cm³/mol. The van der Waals surface area contributed by atoms with Gasteiger partial charge in [-0.05, 0) is 25.8 Å². The van der Waals surface area contributed by atoms with Gasteiger partial charge in [-0.15, -0.1) is 0 Å². The summed E-state index contributed by atoms with van der Waals surface area (Å²) in [4.78, 5) is 2.55. The lowest BCUT2D eigenvalue weighted by molar-refractivity contribution is -0.0617. The van der Waals surface area contributed by atoms with Crippen molar-refractivity contribution >= 4 is 0 Å². The Hall–Kier alpha value is -0.160. The molecule has 0 aromatic carbocycles. The van der Waals surface area contributed by atoms with E-state index in [1.165, 1.54) is 19.3 Å². The second-order valence-electron chi connectivity index (χ2n) is 5.22. The Balaban J connectivity index is 1.82. The highest BCUT2D eigenvalue weighted by atomic mass is 16.5. The molecule has 2 saturated heterocycles. The van der Waals surface area contributed by atoms with Gasteiger partial charge in [-0.2, -0.15) is 0 Å². The van der Waals surface area contributed by atoms with Crippen LogP contribution >= 0.6 is 0 Å². The Morgan fingerprint density at radius 3 is 2.65 bits per heavy atom. The SMILES string of the molecule is CCCNCC(COC)N1CC2CCC(C1)O2. The van der Waals surface area contributed by atoms with Crippen LogP contribution in [0, 0.1) is 0 Å². The molecule has 2 rings (SSSR count). The highest BCUT2D eigenvalue weighted by molar-refractivity contribution is 4.88. The van der Waals surface area contributed by atoms with E-state index in [1.54, 1.807) is 7.11 Å². The van der Waals surface area contributed by atoms with Crippen LogP contribution in [0.3, 0.4) is 0 Å². The van der Waals surface area contributed by atoms with E-state index in [2.05, 4.69) is 17.1 Å². The average Bonchev–Trinajstić information content (AvgIpc) is 2.67. The lowest BCUT2D eigenvalue weighted by Crippen LogP contribution is -2.53. The number of rotatable bonds is 7. The van der Waals surface area contributed by atoms with E-state index < -0.39 is 0 Å². The van der Waals surface area contributed by atoms with Gasteiger partial charge in [0, 0.05) is 32.8 Å². The molecule has 0 saturated carbocycles. The summed E-state index contributed by atoms with van der Waals surface area (Å²) in [5.41, 5.74) is 0. The Morgan fingerprint density at radius 2 is 2.06 bits per heavy atom. The van der Waals surface area contributed by atoms with Gasteiger partial charge in [-0.25, -0.2) is 0 Å². The summed E-state index contributed by atoms with van der Waals surface area (Å²) in [5.74, 6) is 0. The van der Waals surface area contributed by atoms with E-state index in [0.717, 1.165) is 32.8 Å². The van der Waals surface area contributed by atoms with Gasteiger partial charge in [-0.1, -0.05) is 6.92 Å². The topological polar surface area (TPSA) is 33.7 Å². The molecule has 0 aliphatic carbocycles. The number of fused-ring (bicyclic) bond motifs is 2. The molecule has 2 fully saturated rings. The van der Waals surface area contributed by atoms with Crippen molar-refractivity contribution in [2.45, 2.75) is 44.4 Å². The van der Waals surface area contributed by atoms with Crippen molar-refractivity contribution in [2.75, 3.05) is 39.9 Å². The molecule has 2 aliphatic heterocycles. The number of nitrogens with one attached hydrogen (secondary N) is 1. The molecule has 4 nitrogen and oxygen atoms in total. The van der Waals surface area contributed by atoms with Crippen LogP contribution in [0.4, 0.5) is 0 Å². The molecule has 17 heavy (non-hydrogen) atoms. The third-order valence-electron chi connectivity index (χ3n) is 3.75. The van der Waals surface area contributed by atoms with E-state index in [-0.39, 0.29) is 0 Å². The summed E-state index contributed by atoms with van der Waals surface area (Å²) in [5, 5.41) is 3.50. The lowest BCUT2D eigenvalue weighted by atomic mass is 10.2. The molecule has 100 valence electrons. The Kier molecular flexibility index (Phi) is 5.22. The van der Waals surface area contributed by atoms with Crippen molar-refractivity contribution in [1.82, 2.24) is 10.2 Å². The fraction of sp³-hybridized carbons (Fsp3) is 1.00. The average molecular weight is 242 g/mol. The number of ether oxygens (including phenoxy) is 2. The standard InChI is InChI=1S/C13H26N2O2/c1-3-6-14-7-11(10-16-2)15-8-12-4-5-13(9-15)17-12/h11-14H,3-10H2,1-2H3. The molecular weight excluding hydrogens is 216 g/mol. The molecule has 2 heterocycles. The van der Waals surface area contributed by atoms with Crippen LogP contribution in [0.15, 0.2) is 0 Å². The molecule has 0 amide bonds. The van der Waals surface area contributed by atoms with Crippen LogP contribution in [-0.2, 0) is 9.47 Å². The smallest absolute Gasteiger partial charge is 0.0707 e. The third-order valence-corrected chi connectivity index (χ3v) is 3.75. The van der Waals surface area contributed by atoms with Crippen molar-refractivity contribution in [2.24, 2.45) is 0 Å². The van der Waals surface area contributed by atoms with Crippen LogP contribution in [0.1, 0.15) is 26.2 Å². The minimum absolute atomic E-state index is 0.472. The number of methoxy groups -OCH3 is 1. The number of nitrogens with zero attached hydrogens (tertiary/aromatic N) is 1. The van der Waals surface area contributed by atoms with Gasteiger partial charge in [0.2, 0.25) is 0 Å². The number of morpholine rings is 1. The van der Waals surface area contributed by atoms with Crippen LogP contribution < -0.4 is 5.32 Å². The molecule has 0 aromatic heterocycles. The fourth-order valence-corrected chi connectivity index (χ4v) is 2.88. The number of likely N-dealkylation sites (tertiary alicyclic amines) is 1. The minimum Gasteiger partial charge on any atom is -0.383 e. The molecule has 3 atom stereocenters. The van der Waals surface area contributed by atoms with Gasteiger partial charge in [-0.3, -0.25) is 4.90 Å². The monoisotopic (exact) mass is 242 g/mol. The largest absolute Gasteiger partial charge is 0.383 e. The Labute approximate surface area is 105 Å². The molecule has 4 heteroatoms. The van der Waals surface area contributed by atoms with E-state index >= 15 is 0 Å². The zero-order valence-corrected chi connectivity index (χ0v) is 11.2. The molecule has 0 radical (unpaired) electrons. The van der Waals surface area contributed by atoms with Crippen LogP contribution in [0.25, 0.3) is 0 Å². The van der Waals surface area contributed by atoms with Crippen LogP contribution in [0.2, 0.25) is 0 Å². The van der Waals surface area contributed by atoms with E-state index in [1.807, 2.05) is 0 Å². The first-order valence-corrected chi connectivity index (χ1v) is 6.92. The molecule has 0 spiro atoms. The molecule has 1 N–H and O–H groups in total. The minimum atomic E-state index is 0.472. The molecule has 2 bridgehead atoms. The lowest BCUT2D eigenvalue weighted by Gasteiger charge is -2.37. The fourth-order valence-electron chi connectivity index (χ4n) is 2.88. The Morgan fingerprint density at radius 1 is 1.35 bits per heavy atom. The molecule has 0 aromatic rings. The van der Waals surface area contributed by atoms with E-state index in [4.69, 9.17) is 9.47 Å². The maximum absolute atomic E-state index is 5.88. The van der Waals surface area contributed by atoms with Gasteiger partial charge in [0.15, 0.2) is 0 Å².